The number of benzene rings is 1. The monoisotopic (exact) mass is 213 g/mol. The van der Waals surface area contributed by atoms with Crippen molar-refractivity contribution in [1.82, 2.24) is 4.98 Å². The number of nitrogens with one attached hydrogen (secondary N) is 1. The number of rotatable bonds is 2. The van der Waals surface area contributed by atoms with Gasteiger partial charge in [0.05, 0.1) is 5.69 Å². The van der Waals surface area contributed by atoms with Crippen LogP contribution in [0.3, 0.4) is 0 Å². The summed E-state index contributed by atoms with van der Waals surface area (Å²) in [6.45, 7) is 4.18. The van der Waals surface area contributed by atoms with Gasteiger partial charge in [0.2, 0.25) is 0 Å². The smallest absolute Gasteiger partial charge is 0.153 e. The Morgan fingerprint density at radius 2 is 1.94 bits per heavy atom. The van der Waals surface area contributed by atoms with Crippen LogP contribution in [0.2, 0.25) is 0 Å². The molecular weight excluding hydrogens is 198 g/mol. The molecule has 3 N–H and O–H groups in total. The lowest BCUT2D eigenvalue weighted by Gasteiger charge is -2.09. The molecule has 3 nitrogen and oxygen atoms in total. The zero-order valence-corrected chi connectivity index (χ0v) is 9.49. The zero-order chi connectivity index (χ0) is 11.5. The molecular formula is C13H15N3. The predicted molar refractivity (Wildman–Crippen MR) is 67.8 cm³/mol. The van der Waals surface area contributed by atoms with Crippen LogP contribution in [0.5, 0.6) is 0 Å². The molecule has 0 aliphatic rings. The van der Waals surface area contributed by atoms with Gasteiger partial charge in [-0.2, -0.15) is 0 Å². The van der Waals surface area contributed by atoms with E-state index >= 15 is 0 Å². The van der Waals surface area contributed by atoms with Crippen LogP contribution in [0.4, 0.5) is 17.2 Å². The van der Waals surface area contributed by atoms with Crippen LogP contribution >= 0.6 is 0 Å². The molecule has 2 rings (SSSR count). The summed E-state index contributed by atoms with van der Waals surface area (Å²) in [6.07, 6.45) is 1.72. The largest absolute Gasteiger partial charge is 0.396 e. The van der Waals surface area contributed by atoms with Gasteiger partial charge in [-0.05, 0) is 49.2 Å². The van der Waals surface area contributed by atoms with Gasteiger partial charge in [-0.25, -0.2) is 4.98 Å². The van der Waals surface area contributed by atoms with Crippen LogP contribution in [0.15, 0.2) is 36.5 Å². The Morgan fingerprint density at radius 1 is 1.12 bits per heavy atom. The third kappa shape index (κ3) is 2.14. The highest BCUT2D eigenvalue weighted by Gasteiger charge is 2.00. The van der Waals surface area contributed by atoms with Crippen molar-refractivity contribution in [2.45, 2.75) is 13.8 Å². The molecule has 0 atom stereocenters. The maximum absolute atomic E-state index is 5.81. The van der Waals surface area contributed by atoms with Gasteiger partial charge in [-0.3, -0.25) is 0 Å². The Labute approximate surface area is 95.3 Å². The number of nitrogens with two attached hydrogens (primary N) is 1. The highest BCUT2D eigenvalue weighted by molar-refractivity contribution is 5.68. The fraction of sp³-hybridized carbons (Fsp3) is 0.154. The van der Waals surface area contributed by atoms with E-state index in [1.54, 1.807) is 6.20 Å². The second kappa shape index (κ2) is 4.23. The van der Waals surface area contributed by atoms with Crippen molar-refractivity contribution in [3.8, 4) is 0 Å². The first-order valence-corrected chi connectivity index (χ1v) is 5.21. The van der Waals surface area contributed by atoms with Gasteiger partial charge >= 0.3 is 0 Å². The van der Waals surface area contributed by atoms with Gasteiger partial charge in [-0.15, -0.1) is 0 Å². The summed E-state index contributed by atoms with van der Waals surface area (Å²) in [6, 6.07) is 9.84. The SMILES string of the molecule is Cc1ccc(Nc2ncccc2N)cc1C. The summed E-state index contributed by atoms with van der Waals surface area (Å²) >= 11 is 0. The third-order valence-corrected chi connectivity index (χ3v) is 2.61. The molecule has 0 amide bonds. The quantitative estimate of drug-likeness (QED) is 0.806. The molecule has 2 aromatic rings. The van der Waals surface area contributed by atoms with Gasteiger partial charge in [0.1, 0.15) is 0 Å². The highest BCUT2D eigenvalue weighted by Crippen LogP contribution is 2.21. The second-order valence-corrected chi connectivity index (χ2v) is 3.87. The van der Waals surface area contributed by atoms with Crippen LogP contribution in [-0.4, -0.2) is 4.98 Å². The van der Waals surface area contributed by atoms with Crippen molar-refractivity contribution < 1.29 is 0 Å². The van der Waals surface area contributed by atoms with Gasteiger partial charge in [0, 0.05) is 11.9 Å². The number of pyridine rings is 1. The summed E-state index contributed by atoms with van der Waals surface area (Å²) in [5, 5.41) is 3.20. The average Bonchev–Trinajstić information content (AvgIpc) is 2.27. The minimum absolute atomic E-state index is 0.653. The van der Waals surface area contributed by atoms with Crippen molar-refractivity contribution in [3.05, 3.63) is 47.7 Å². The minimum Gasteiger partial charge on any atom is -0.396 e. The number of anilines is 3. The molecule has 0 bridgehead atoms. The molecule has 0 spiro atoms. The zero-order valence-electron chi connectivity index (χ0n) is 9.49. The maximum atomic E-state index is 5.81. The normalized spacial score (nSPS) is 10.1. The molecule has 0 saturated carbocycles. The number of aromatic nitrogens is 1. The first-order chi connectivity index (χ1) is 7.66. The van der Waals surface area contributed by atoms with Gasteiger partial charge < -0.3 is 11.1 Å². The number of nitrogens with zero attached hydrogens (tertiary/aromatic N) is 1. The summed E-state index contributed by atoms with van der Waals surface area (Å²) in [5.74, 6) is 0.700. The fourth-order valence-electron chi connectivity index (χ4n) is 1.48. The summed E-state index contributed by atoms with van der Waals surface area (Å²) < 4.78 is 0. The van der Waals surface area contributed by atoms with Gasteiger partial charge in [-0.1, -0.05) is 6.07 Å². The lowest BCUT2D eigenvalue weighted by Crippen LogP contribution is -1.98. The van der Waals surface area contributed by atoms with Crippen molar-refractivity contribution >= 4 is 17.2 Å². The van der Waals surface area contributed by atoms with Crippen molar-refractivity contribution in [2.24, 2.45) is 0 Å². The van der Waals surface area contributed by atoms with Crippen LogP contribution in [0, 0.1) is 13.8 Å². The fourth-order valence-corrected chi connectivity index (χ4v) is 1.48. The standard InChI is InChI=1S/C13H15N3/c1-9-5-6-11(8-10(9)2)16-13-12(14)4-3-7-15-13/h3-8H,14H2,1-2H3,(H,15,16). The molecule has 1 heterocycles. The second-order valence-electron chi connectivity index (χ2n) is 3.87. The first kappa shape index (κ1) is 10.5. The van der Waals surface area contributed by atoms with E-state index in [0.717, 1.165) is 5.69 Å². The van der Waals surface area contributed by atoms with Crippen LogP contribution in [0.1, 0.15) is 11.1 Å². The Kier molecular flexibility index (Phi) is 2.77. The Morgan fingerprint density at radius 3 is 2.62 bits per heavy atom. The van der Waals surface area contributed by atoms with Crippen molar-refractivity contribution in [1.29, 1.82) is 0 Å². The number of hydrogen-bond acceptors (Lipinski definition) is 3. The molecule has 82 valence electrons. The molecule has 0 saturated heterocycles. The molecule has 1 aromatic heterocycles. The average molecular weight is 213 g/mol. The predicted octanol–water partition coefficient (Wildman–Crippen LogP) is 3.02. The summed E-state index contributed by atoms with van der Waals surface area (Å²) in [7, 11) is 0. The van der Waals surface area contributed by atoms with Gasteiger partial charge in [0.15, 0.2) is 5.82 Å². The van der Waals surface area contributed by atoms with E-state index in [9.17, 15) is 0 Å². The topological polar surface area (TPSA) is 50.9 Å². The molecule has 0 radical (unpaired) electrons. The molecule has 0 aliphatic carbocycles. The van der Waals surface area contributed by atoms with E-state index in [4.69, 9.17) is 5.73 Å². The molecule has 16 heavy (non-hydrogen) atoms. The minimum atomic E-state index is 0.653. The Balaban J connectivity index is 2.28. The Bertz CT molecular complexity index is 506. The maximum Gasteiger partial charge on any atom is 0.153 e. The van der Waals surface area contributed by atoms with E-state index in [-0.39, 0.29) is 0 Å². The van der Waals surface area contributed by atoms with Gasteiger partial charge in [0.25, 0.3) is 0 Å². The third-order valence-electron chi connectivity index (χ3n) is 2.61. The van der Waals surface area contributed by atoms with Crippen molar-refractivity contribution in [3.63, 3.8) is 0 Å². The highest BCUT2D eigenvalue weighted by atomic mass is 15.0. The lowest BCUT2D eigenvalue weighted by molar-refractivity contribution is 1.29. The molecule has 0 fully saturated rings. The van der Waals surface area contributed by atoms with Crippen LogP contribution in [-0.2, 0) is 0 Å². The molecule has 3 heteroatoms. The molecule has 0 aliphatic heterocycles. The van der Waals surface area contributed by atoms with Crippen molar-refractivity contribution in [2.75, 3.05) is 11.1 Å². The molecule has 0 unspecified atom stereocenters. The van der Waals surface area contributed by atoms with E-state index in [1.165, 1.54) is 11.1 Å². The lowest BCUT2D eigenvalue weighted by atomic mass is 10.1. The van der Waals surface area contributed by atoms with E-state index < -0.39 is 0 Å². The van der Waals surface area contributed by atoms with Crippen LogP contribution < -0.4 is 11.1 Å². The number of hydrogen-bond donors (Lipinski definition) is 2. The number of nitrogen functional groups attached to an aromatic ring is 1. The van der Waals surface area contributed by atoms with Crippen LogP contribution in [0.25, 0.3) is 0 Å². The number of aryl methyl sites for hydroxylation is 2. The van der Waals surface area contributed by atoms with E-state index in [0.29, 0.717) is 11.5 Å². The molecule has 1 aromatic carbocycles. The first-order valence-electron chi connectivity index (χ1n) is 5.21. The summed E-state index contributed by atoms with van der Waals surface area (Å²) in [5.41, 5.74) is 10.00. The Hall–Kier alpha value is -2.03. The van der Waals surface area contributed by atoms with E-state index in [1.807, 2.05) is 18.2 Å². The van der Waals surface area contributed by atoms with E-state index in [2.05, 4.69) is 36.3 Å². The summed E-state index contributed by atoms with van der Waals surface area (Å²) in [4.78, 5) is 4.19.